The van der Waals surface area contributed by atoms with Crippen LogP contribution in [0.5, 0.6) is 0 Å². The third-order valence-electron chi connectivity index (χ3n) is 13.1. The summed E-state index contributed by atoms with van der Waals surface area (Å²) in [6.45, 7) is 9.12. The molecule has 0 aromatic carbocycles. The zero-order valence-corrected chi connectivity index (χ0v) is 26.2. The number of Topliss-reactive ketones (excluding diaryl/α,β-unsaturated/α-hetero) is 1. The highest BCUT2D eigenvalue weighted by molar-refractivity contribution is 5.99. The quantitative estimate of drug-likeness (QED) is 0.347. The van der Waals surface area contributed by atoms with Crippen LogP contribution in [-0.2, 0) is 9.59 Å². The Hall–Kier alpha value is -2.69. The van der Waals surface area contributed by atoms with E-state index in [2.05, 4.69) is 36.4 Å². The molecular formula is C37H51N3O2. The van der Waals surface area contributed by atoms with Crippen molar-refractivity contribution in [3.05, 3.63) is 60.6 Å². The van der Waals surface area contributed by atoms with E-state index in [0.717, 1.165) is 30.4 Å². The Bertz CT molecular complexity index is 1270. The molecule has 5 aliphatic rings. The molecule has 0 spiro atoms. The normalized spacial score (nSPS) is 37.5. The maximum Gasteiger partial charge on any atom is 0.230 e. The Morgan fingerprint density at radius 2 is 1.88 bits per heavy atom. The van der Waals surface area contributed by atoms with Gasteiger partial charge in [0, 0.05) is 24.5 Å². The minimum atomic E-state index is -0.994. The second-order valence-electron chi connectivity index (χ2n) is 14.8. The van der Waals surface area contributed by atoms with Crippen LogP contribution in [0.1, 0.15) is 98.3 Å². The molecule has 2 heterocycles. The standard InChI is InChI=1S/C37H51N3O2/c1-5-31(41)37(4,30-16-7-6-9-23-38-30)33(34(42)40-32-17-8-10-24-39-32)29-14-11-13-25-18-19-26-27-15-12-21-35(27,2)22-20-28(26)36(25,29)3/h6-10,16-17,23-29,33,38H,5,11-15,18-22H2,1-4H3,(H,39,40,42)/t25?,26-,27-,28-,29?,33+,35-,36-,37?/m0/s1. The maximum absolute atomic E-state index is 14.8. The number of carbonyl (C=O) groups excluding carboxylic acids is 2. The molecular weight excluding hydrogens is 518 g/mol. The largest absolute Gasteiger partial charge is 0.364 e. The van der Waals surface area contributed by atoms with Crippen LogP contribution in [0.15, 0.2) is 60.6 Å². The van der Waals surface area contributed by atoms with Crippen LogP contribution in [0.25, 0.3) is 0 Å². The van der Waals surface area contributed by atoms with Crippen molar-refractivity contribution in [1.29, 1.82) is 0 Å². The SMILES string of the molecule is CCC(=O)C(C)(C1=CC=CC=CN1)[C@@H](C(=O)Nc1ccccn1)C1CCCC2CC[C@H]3[C@@H]4CCC[C@@]4(C)CC[C@@H]3[C@]21C. The van der Waals surface area contributed by atoms with E-state index < -0.39 is 11.3 Å². The Morgan fingerprint density at radius 1 is 1.02 bits per heavy atom. The molecule has 9 atom stereocenters. The monoisotopic (exact) mass is 569 g/mol. The van der Waals surface area contributed by atoms with Gasteiger partial charge in [-0.3, -0.25) is 9.59 Å². The van der Waals surface area contributed by atoms with Crippen molar-refractivity contribution >= 4 is 17.5 Å². The van der Waals surface area contributed by atoms with Crippen molar-refractivity contribution in [2.45, 2.75) is 98.3 Å². The number of ketones is 1. The van der Waals surface area contributed by atoms with E-state index in [1.807, 2.05) is 55.6 Å². The number of allylic oxidation sites excluding steroid dienone is 5. The van der Waals surface area contributed by atoms with Crippen molar-refractivity contribution < 1.29 is 9.59 Å². The summed E-state index contributed by atoms with van der Waals surface area (Å²) in [4.78, 5) is 33.6. The van der Waals surface area contributed by atoms with Gasteiger partial charge >= 0.3 is 0 Å². The third-order valence-corrected chi connectivity index (χ3v) is 13.1. The van der Waals surface area contributed by atoms with E-state index in [1.54, 1.807) is 6.20 Å². The fourth-order valence-electron chi connectivity index (χ4n) is 11.0. The lowest BCUT2D eigenvalue weighted by Gasteiger charge is -2.64. The second-order valence-corrected chi connectivity index (χ2v) is 14.8. The Balaban J connectivity index is 1.48. The van der Waals surface area contributed by atoms with Crippen LogP contribution in [0, 0.1) is 51.8 Å². The first-order valence-corrected chi connectivity index (χ1v) is 16.8. The number of hydrogen-bond acceptors (Lipinski definition) is 4. The molecule has 6 rings (SSSR count). The lowest BCUT2D eigenvalue weighted by molar-refractivity contribution is -0.166. The third kappa shape index (κ3) is 4.70. The van der Waals surface area contributed by atoms with Crippen LogP contribution < -0.4 is 10.6 Å². The predicted octanol–water partition coefficient (Wildman–Crippen LogP) is 8.23. The molecule has 1 aromatic rings. The smallest absolute Gasteiger partial charge is 0.230 e. The minimum absolute atomic E-state index is 0.0173. The molecule has 4 fully saturated rings. The first kappa shape index (κ1) is 29.4. The van der Waals surface area contributed by atoms with Crippen LogP contribution in [0.2, 0.25) is 0 Å². The van der Waals surface area contributed by atoms with Gasteiger partial charge in [-0.25, -0.2) is 4.98 Å². The number of amides is 1. The molecule has 0 saturated heterocycles. The number of nitrogens with zero attached hydrogens (tertiary/aromatic N) is 1. The zero-order chi connectivity index (χ0) is 29.5. The second kappa shape index (κ2) is 11.4. The first-order valence-electron chi connectivity index (χ1n) is 16.8. The van der Waals surface area contributed by atoms with Gasteiger partial charge in [-0.2, -0.15) is 0 Å². The summed E-state index contributed by atoms with van der Waals surface area (Å²) >= 11 is 0. The molecule has 5 nitrogen and oxygen atoms in total. The summed E-state index contributed by atoms with van der Waals surface area (Å²) in [6.07, 6.45) is 24.6. The van der Waals surface area contributed by atoms with Gasteiger partial charge in [-0.15, -0.1) is 0 Å². The molecule has 0 radical (unpaired) electrons. The van der Waals surface area contributed by atoms with Gasteiger partial charge in [-0.05, 0) is 123 Å². The average Bonchev–Trinajstić information content (AvgIpc) is 3.19. The van der Waals surface area contributed by atoms with Crippen molar-refractivity contribution in [2.24, 2.45) is 51.8 Å². The number of rotatable bonds is 7. The Labute approximate surface area is 253 Å². The number of hydrogen-bond donors (Lipinski definition) is 2. The van der Waals surface area contributed by atoms with Crippen LogP contribution in [0.4, 0.5) is 5.82 Å². The summed E-state index contributed by atoms with van der Waals surface area (Å²) in [7, 11) is 0. The number of fused-ring (bicyclic) bond motifs is 5. The van der Waals surface area contributed by atoms with Gasteiger partial charge in [0.1, 0.15) is 11.6 Å². The molecule has 5 heteroatoms. The fraction of sp³-hybridized carbons (Fsp3) is 0.649. The fourth-order valence-corrected chi connectivity index (χ4v) is 11.0. The van der Waals surface area contributed by atoms with Crippen molar-refractivity contribution in [3.8, 4) is 0 Å². The summed E-state index contributed by atoms with van der Waals surface area (Å²) < 4.78 is 0. The van der Waals surface area contributed by atoms with Gasteiger partial charge in [0.15, 0.2) is 0 Å². The molecule has 226 valence electrons. The van der Waals surface area contributed by atoms with E-state index >= 15 is 0 Å². The van der Waals surface area contributed by atoms with Crippen LogP contribution in [0.3, 0.4) is 0 Å². The Kier molecular flexibility index (Phi) is 8.00. The lowest BCUT2D eigenvalue weighted by atomic mass is 9.40. The highest BCUT2D eigenvalue weighted by atomic mass is 16.2. The lowest BCUT2D eigenvalue weighted by Crippen LogP contribution is -2.60. The van der Waals surface area contributed by atoms with Gasteiger partial charge < -0.3 is 10.6 Å². The molecule has 1 aromatic heterocycles. The highest BCUT2D eigenvalue weighted by Gasteiger charge is 2.64. The zero-order valence-electron chi connectivity index (χ0n) is 26.2. The molecule has 0 bridgehead atoms. The number of aromatic nitrogens is 1. The first-order chi connectivity index (χ1) is 20.2. The molecule has 4 saturated carbocycles. The number of carbonyl (C=O) groups is 2. The molecule has 2 N–H and O–H groups in total. The molecule has 42 heavy (non-hydrogen) atoms. The van der Waals surface area contributed by atoms with E-state index in [-0.39, 0.29) is 23.0 Å². The van der Waals surface area contributed by atoms with E-state index in [9.17, 15) is 9.59 Å². The van der Waals surface area contributed by atoms with Gasteiger partial charge in [0.25, 0.3) is 0 Å². The van der Waals surface area contributed by atoms with Crippen molar-refractivity contribution in [3.63, 3.8) is 0 Å². The van der Waals surface area contributed by atoms with Crippen LogP contribution in [-0.4, -0.2) is 16.7 Å². The summed E-state index contributed by atoms with van der Waals surface area (Å²) in [5.74, 6) is 2.98. The van der Waals surface area contributed by atoms with E-state index in [1.165, 1.54) is 51.4 Å². The minimum Gasteiger partial charge on any atom is -0.364 e. The van der Waals surface area contributed by atoms with E-state index in [4.69, 9.17) is 0 Å². The molecule has 3 unspecified atom stereocenters. The summed E-state index contributed by atoms with van der Waals surface area (Å²) in [6, 6.07) is 5.63. The summed E-state index contributed by atoms with van der Waals surface area (Å²) in [5.41, 5.74) is 0.338. The topological polar surface area (TPSA) is 71.1 Å². The summed E-state index contributed by atoms with van der Waals surface area (Å²) in [5, 5.41) is 6.67. The Morgan fingerprint density at radius 3 is 2.67 bits per heavy atom. The maximum atomic E-state index is 14.8. The van der Waals surface area contributed by atoms with E-state index in [0.29, 0.717) is 29.5 Å². The van der Waals surface area contributed by atoms with Gasteiger partial charge in [-0.1, -0.05) is 51.8 Å². The number of nitrogens with one attached hydrogen (secondary N) is 2. The average molecular weight is 570 g/mol. The van der Waals surface area contributed by atoms with Crippen molar-refractivity contribution in [1.82, 2.24) is 10.3 Å². The number of pyridine rings is 1. The number of anilines is 1. The van der Waals surface area contributed by atoms with Gasteiger partial charge in [0.05, 0.1) is 11.3 Å². The predicted molar refractivity (Wildman–Crippen MR) is 169 cm³/mol. The van der Waals surface area contributed by atoms with Gasteiger partial charge in [0.2, 0.25) is 5.91 Å². The highest BCUT2D eigenvalue weighted by Crippen LogP contribution is 2.69. The van der Waals surface area contributed by atoms with Crippen LogP contribution >= 0.6 is 0 Å². The molecule has 4 aliphatic carbocycles. The molecule has 1 amide bonds. The van der Waals surface area contributed by atoms with Crippen molar-refractivity contribution in [2.75, 3.05) is 5.32 Å². The molecule has 1 aliphatic heterocycles.